The molecule has 7 rings (SSSR count). The molecule has 0 radical (unpaired) electrons. The number of rotatable bonds is 6. The van der Waals surface area contributed by atoms with Gasteiger partial charge in [0.2, 0.25) is 0 Å². The van der Waals surface area contributed by atoms with Gasteiger partial charge in [-0.15, -0.1) is 0 Å². The average Bonchev–Trinajstić information content (AvgIpc) is 3.61. The number of nitrogens with one attached hydrogen (secondary N) is 2. The molecule has 0 unspecified atom stereocenters. The van der Waals surface area contributed by atoms with Gasteiger partial charge in [-0.3, -0.25) is 5.10 Å². The van der Waals surface area contributed by atoms with Crippen LogP contribution in [0.3, 0.4) is 0 Å². The lowest BCUT2D eigenvalue weighted by atomic mass is 10.0. The van der Waals surface area contributed by atoms with Crippen LogP contribution in [0.15, 0.2) is 91.1 Å². The van der Waals surface area contributed by atoms with Crippen LogP contribution in [0.2, 0.25) is 0 Å². The molecule has 1 saturated heterocycles. The summed E-state index contributed by atoms with van der Waals surface area (Å²) in [5.74, 6) is 0.849. The molecule has 1 aliphatic rings. The van der Waals surface area contributed by atoms with Gasteiger partial charge in [-0.1, -0.05) is 48.5 Å². The molecule has 0 saturated carbocycles. The van der Waals surface area contributed by atoms with Gasteiger partial charge in [0.05, 0.1) is 11.2 Å². The first kappa shape index (κ1) is 23.5. The normalized spacial score (nSPS) is 14.3. The van der Waals surface area contributed by atoms with Crippen molar-refractivity contribution in [3.63, 3.8) is 0 Å². The van der Waals surface area contributed by atoms with Crippen molar-refractivity contribution < 1.29 is 4.74 Å². The molecule has 0 spiro atoms. The topological polar surface area (TPSA) is 73.1 Å². The zero-order valence-electron chi connectivity index (χ0n) is 21.9. The number of benzene rings is 3. The lowest BCUT2D eigenvalue weighted by Crippen LogP contribution is -2.44. The molecule has 4 heterocycles. The number of piperazine rings is 1. The summed E-state index contributed by atoms with van der Waals surface area (Å²) in [7, 11) is 2.18. The summed E-state index contributed by atoms with van der Waals surface area (Å²) >= 11 is 0. The smallest absolute Gasteiger partial charge is 0.139 e. The zero-order valence-corrected chi connectivity index (χ0v) is 21.9. The van der Waals surface area contributed by atoms with Gasteiger partial charge < -0.3 is 19.5 Å². The summed E-state index contributed by atoms with van der Waals surface area (Å²) in [4.78, 5) is 13.0. The molecule has 0 amide bonds. The Labute approximate surface area is 227 Å². The lowest BCUT2D eigenvalue weighted by molar-refractivity contribution is 0.306. The second kappa shape index (κ2) is 9.93. The van der Waals surface area contributed by atoms with Crippen molar-refractivity contribution in [1.29, 1.82) is 0 Å². The molecule has 6 aromatic rings. The van der Waals surface area contributed by atoms with E-state index in [1.165, 1.54) is 5.69 Å². The maximum atomic E-state index is 6.08. The van der Waals surface area contributed by atoms with E-state index in [4.69, 9.17) is 9.84 Å². The molecule has 39 heavy (non-hydrogen) atoms. The molecular formula is C32H30N6O. The Morgan fingerprint density at radius 3 is 2.54 bits per heavy atom. The van der Waals surface area contributed by atoms with Gasteiger partial charge in [0.1, 0.15) is 23.7 Å². The highest BCUT2D eigenvalue weighted by molar-refractivity contribution is 5.99. The largest absolute Gasteiger partial charge is 0.489 e. The fraction of sp³-hybridized carbons (Fsp3) is 0.188. The van der Waals surface area contributed by atoms with Crippen LogP contribution in [0.25, 0.3) is 44.5 Å². The third-order valence-corrected chi connectivity index (χ3v) is 7.59. The predicted molar refractivity (Wildman–Crippen MR) is 157 cm³/mol. The number of pyridine rings is 1. The van der Waals surface area contributed by atoms with Crippen LogP contribution >= 0.6 is 0 Å². The Kier molecular flexibility index (Phi) is 5.98. The van der Waals surface area contributed by atoms with E-state index < -0.39 is 0 Å². The molecule has 194 valence electrons. The summed E-state index contributed by atoms with van der Waals surface area (Å²) in [6.45, 7) is 4.69. The van der Waals surface area contributed by atoms with E-state index in [2.05, 4.69) is 86.5 Å². The van der Waals surface area contributed by atoms with Crippen molar-refractivity contribution >= 4 is 27.6 Å². The second-order valence-electron chi connectivity index (χ2n) is 10.2. The Hall–Kier alpha value is -4.62. The summed E-state index contributed by atoms with van der Waals surface area (Å²) in [5, 5.41) is 10.1. The molecule has 0 bridgehead atoms. The number of likely N-dealkylation sites (N-methyl/N-ethyl adjacent to an activating group) is 1. The molecule has 1 fully saturated rings. The standard InChI is InChI=1S/C32H30N6O/c1-37-14-16-38(17-15-37)30-12-13-33-32-27(30)20-29(34-32)31-26-19-24(10-11-28(26)35-36-31)23-8-5-9-25(18-23)39-21-22-6-3-2-4-7-22/h2-13,18-20H,14-17,21H2,1H3,(H,33,34)(H,35,36). The van der Waals surface area contributed by atoms with Crippen molar-refractivity contribution in [2.24, 2.45) is 0 Å². The van der Waals surface area contributed by atoms with Crippen molar-refractivity contribution in [3.05, 3.63) is 96.7 Å². The number of anilines is 1. The number of aromatic nitrogens is 4. The fourth-order valence-corrected chi connectivity index (χ4v) is 5.37. The van der Waals surface area contributed by atoms with E-state index in [-0.39, 0.29) is 0 Å². The minimum Gasteiger partial charge on any atom is -0.489 e. The molecule has 1 aliphatic heterocycles. The first-order valence-electron chi connectivity index (χ1n) is 13.4. The Morgan fingerprint density at radius 1 is 0.821 bits per heavy atom. The highest BCUT2D eigenvalue weighted by atomic mass is 16.5. The highest BCUT2D eigenvalue weighted by Gasteiger charge is 2.19. The molecular weight excluding hydrogens is 484 g/mol. The van der Waals surface area contributed by atoms with Crippen LogP contribution in [0.4, 0.5) is 5.69 Å². The van der Waals surface area contributed by atoms with Crippen molar-refractivity contribution in [3.8, 4) is 28.3 Å². The maximum Gasteiger partial charge on any atom is 0.139 e. The van der Waals surface area contributed by atoms with Gasteiger partial charge in [0.25, 0.3) is 0 Å². The SMILES string of the molecule is CN1CCN(c2ccnc3[nH]c(-c4n[nH]c5ccc(-c6cccc(OCc7ccccc7)c6)cc45)cc23)CC1. The summed E-state index contributed by atoms with van der Waals surface area (Å²) < 4.78 is 6.08. The Balaban J connectivity index is 1.20. The minimum atomic E-state index is 0.541. The number of hydrogen-bond acceptors (Lipinski definition) is 5. The van der Waals surface area contributed by atoms with Crippen molar-refractivity contribution in [1.82, 2.24) is 25.1 Å². The first-order chi connectivity index (χ1) is 19.2. The number of ether oxygens (including phenoxy) is 1. The molecule has 7 heteroatoms. The summed E-state index contributed by atoms with van der Waals surface area (Å²) in [6.07, 6.45) is 1.89. The predicted octanol–water partition coefficient (Wildman–Crippen LogP) is 6.10. The third-order valence-electron chi connectivity index (χ3n) is 7.59. The Morgan fingerprint density at radius 2 is 1.67 bits per heavy atom. The lowest BCUT2D eigenvalue weighted by Gasteiger charge is -2.34. The maximum absolute atomic E-state index is 6.08. The van der Waals surface area contributed by atoms with E-state index >= 15 is 0 Å². The Bertz CT molecular complexity index is 1750. The number of hydrogen-bond donors (Lipinski definition) is 2. The van der Waals surface area contributed by atoms with E-state index in [0.717, 1.165) is 81.9 Å². The number of nitrogens with zero attached hydrogens (tertiary/aromatic N) is 4. The molecule has 2 N–H and O–H groups in total. The quantitative estimate of drug-likeness (QED) is 0.281. The van der Waals surface area contributed by atoms with Gasteiger partial charge >= 0.3 is 0 Å². The van der Waals surface area contributed by atoms with E-state index in [1.807, 2.05) is 36.5 Å². The van der Waals surface area contributed by atoms with Crippen LogP contribution < -0.4 is 9.64 Å². The van der Waals surface area contributed by atoms with Crippen LogP contribution in [0, 0.1) is 0 Å². The third kappa shape index (κ3) is 4.62. The van der Waals surface area contributed by atoms with Crippen molar-refractivity contribution in [2.45, 2.75) is 6.61 Å². The molecule has 0 aliphatic carbocycles. The minimum absolute atomic E-state index is 0.541. The van der Waals surface area contributed by atoms with Crippen LogP contribution in [0.1, 0.15) is 5.56 Å². The van der Waals surface area contributed by atoms with Crippen LogP contribution in [-0.2, 0) is 6.61 Å². The zero-order chi connectivity index (χ0) is 26.2. The van der Waals surface area contributed by atoms with E-state index in [0.29, 0.717) is 6.61 Å². The second-order valence-corrected chi connectivity index (χ2v) is 10.2. The summed E-state index contributed by atoms with van der Waals surface area (Å²) in [6, 6.07) is 29.2. The van der Waals surface area contributed by atoms with Crippen LogP contribution in [-0.4, -0.2) is 58.3 Å². The first-order valence-corrected chi connectivity index (χ1v) is 13.4. The van der Waals surface area contributed by atoms with E-state index in [9.17, 15) is 0 Å². The fourth-order valence-electron chi connectivity index (χ4n) is 5.37. The number of fused-ring (bicyclic) bond motifs is 2. The monoisotopic (exact) mass is 514 g/mol. The van der Waals surface area contributed by atoms with Gasteiger partial charge in [-0.05, 0) is 60.1 Å². The van der Waals surface area contributed by atoms with Crippen molar-refractivity contribution in [2.75, 3.05) is 38.1 Å². The van der Waals surface area contributed by atoms with Gasteiger partial charge in [-0.25, -0.2) is 4.98 Å². The summed E-state index contributed by atoms with van der Waals surface area (Å²) in [5.41, 5.74) is 8.33. The number of aromatic amines is 2. The number of H-pyrrole nitrogens is 2. The molecule has 3 aromatic carbocycles. The van der Waals surface area contributed by atoms with E-state index in [1.54, 1.807) is 0 Å². The van der Waals surface area contributed by atoms with Gasteiger partial charge in [-0.2, -0.15) is 5.10 Å². The van der Waals surface area contributed by atoms with Crippen LogP contribution in [0.5, 0.6) is 5.75 Å². The van der Waals surface area contributed by atoms with Gasteiger partial charge in [0, 0.05) is 48.8 Å². The van der Waals surface area contributed by atoms with Gasteiger partial charge in [0.15, 0.2) is 0 Å². The highest BCUT2D eigenvalue weighted by Crippen LogP contribution is 2.35. The molecule has 7 nitrogen and oxygen atoms in total. The average molecular weight is 515 g/mol. The molecule has 3 aromatic heterocycles. The molecule has 0 atom stereocenters.